The number of rotatable bonds is 6. The van der Waals surface area contributed by atoms with Gasteiger partial charge in [-0.05, 0) is 18.4 Å². The van der Waals surface area contributed by atoms with Crippen LogP contribution in [0.4, 0.5) is 0 Å². The normalized spacial score (nSPS) is 18.7. The molecule has 0 bridgehead atoms. The van der Waals surface area contributed by atoms with Crippen LogP contribution in [0.2, 0.25) is 0 Å². The van der Waals surface area contributed by atoms with Crippen LogP contribution < -0.4 is 5.32 Å². The first kappa shape index (κ1) is 11.1. The Hall–Kier alpha value is -0.420. The van der Waals surface area contributed by atoms with Crippen LogP contribution in [0, 0.1) is 0 Å². The fourth-order valence-electron chi connectivity index (χ4n) is 1.48. The van der Waals surface area contributed by atoms with Gasteiger partial charge in [-0.25, -0.2) is 0 Å². The van der Waals surface area contributed by atoms with Crippen molar-refractivity contribution < 1.29 is 9.47 Å². The molecule has 1 unspecified atom stereocenters. The highest BCUT2D eigenvalue weighted by Crippen LogP contribution is 2.09. The van der Waals surface area contributed by atoms with Gasteiger partial charge in [-0.3, -0.25) is 0 Å². The van der Waals surface area contributed by atoms with Crippen LogP contribution in [-0.4, -0.2) is 32.0 Å². The first-order valence-corrected chi connectivity index (χ1v) is 6.19. The van der Waals surface area contributed by atoms with Crippen molar-refractivity contribution in [3.8, 4) is 0 Å². The standard InChI is InChI=1S/C11H17NO2S/c1-9(14-10-7-13-8-10)5-12-6-11-3-2-4-15-11/h2-4,9-10,12H,5-8H2,1H3. The zero-order chi connectivity index (χ0) is 10.5. The Kier molecular flexibility index (Phi) is 4.14. The molecule has 1 aliphatic rings. The van der Waals surface area contributed by atoms with Gasteiger partial charge in [0.15, 0.2) is 0 Å². The number of ether oxygens (including phenoxy) is 2. The van der Waals surface area contributed by atoms with Crippen molar-refractivity contribution >= 4 is 11.3 Å². The summed E-state index contributed by atoms with van der Waals surface area (Å²) in [7, 11) is 0. The van der Waals surface area contributed by atoms with Crippen molar-refractivity contribution in [3.05, 3.63) is 22.4 Å². The van der Waals surface area contributed by atoms with Crippen LogP contribution in [0.15, 0.2) is 17.5 Å². The van der Waals surface area contributed by atoms with Gasteiger partial charge in [0.05, 0.1) is 19.3 Å². The molecule has 1 aromatic rings. The van der Waals surface area contributed by atoms with E-state index in [1.165, 1.54) is 4.88 Å². The predicted molar refractivity (Wildman–Crippen MR) is 61.2 cm³/mol. The van der Waals surface area contributed by atoms with Crippen molar-refractivity contribution in [1.29, 1.82) is 0 Å². The van der Waals surface area contributed by atoms with Crippen LogP contribution in [0.1, 0.15) is 11.8 Å². The van der Waals surface area contributed by atoms with Crippen molar-refractivity contribution in [1.82, 2.24) is 5.32 Å². The van der Waals surface area contributed by atoms with E-state index in [2.05, 4.69) is 29.8 Å². The van der Waals surface area contributed by atoms with Crippen LogP contribution in [0.5, 0.6) is 0 Å². The summed E-state index contributed by atoms with van der Waals surface area (Å²) in [5, 5.41) is 5.49. The van der Waals surface area contributed by atoms with Crippen LogP contribution >= 0.6 is 11.3 Å². The molecule has 2 rings (SSSR count). The zero-order valence-corrected chi connectivity index (χ0v) is 9.76. The second-order valence-corrected chi connectivity index (χ2v) is 4.85. The molecule has 0 radical (unpaired) electrons. The molecule has 0 amide bonds. The average Bonchev–Trinajstić information content (AvgIpc) is 2.64. The molecule has 0 spiro atoms. The van der Waals surface area contributed by atoms with E-state index < -0.39 is 0 Å². The summed E-state index contributed by atoms with van der Waals surface area (Å²) in [6.45, 7) is 5.45. The molecule has 1 aliphatic heterocycles. The van der Waals surface area contributed by atoms with Gasteiger partial charge >= 0.3 is 0 Å². The van der Waals surface area contributed by atoms with Gasteiger partial charge in [-0.2, -0.15) is 0 Å². The maximum absolute atomic E-state index is 5.72. The summed E-state index contributed by atoms with van der Waals surface area (Å²) in [5.41, 5.74) is 0. The van der Waals surface area contributed by atoms with E-state index in [1.54, 1.807) is 11.3 Å². The summed E-state index contributed by atoms with van der Waals surface area (Å²) in [6, 6.07) is 4.22. The second kappa shape index (κ2) is 5.61. The quantitative estimate of drug-likeness (QED) is 0.801. The van der Waals surface area contributed by atoms with E-state index in [0.29, 0.717) is 6.10 Å². The van der Waals surface area contributed by atoms with E-state index in [-0.39, 0.29) is 6.10 Å². The molecule has 0 aliphatic carbocycles. The number of nitrogens with one attached hydrogen (secondary N) is 1. The second-order valence-electron chi connectivity index (χ2n) is 3.82. The third-order valence-electron chi connectivity index (χ3n) is 2.34. The maximum atomic E-state index is 5.72. The molecule has 1 saturated heterocycles. The molecule has 1 N–H and O–H groups in total. The molecule has 2 heterocycles. The lowest BCUT2D eigenvalue weighted by Gasteiger charge is -2.29. The molecule has 3 nitrogen and oxygen atoms in total. The van der Waals surface area contributed by atoms with E-state index in [4.69, 9.17) is 9.47 Å². The summed E-state index contributed by atoms with van der Waals surface area (Å²) < 4.78 is 10.8. The van der Waals surface area contributed by atoms with Gasteiger partial charge in [-0.15, -0.1) is 11.3 Å². The molecule has 84 valence electrons. The Bertz CT molecular complexity index is 272. The number of hydrogen-bond donors (Lipinski definition) is 1. The zero-order valence-electron chi connectivity index (χ0n) is 8.94. The molecule has 4 heteroatoms. The minimum Gasteiger partial charge on any atom is -0.376 e. The number of thiophene rings is 1. The molecule has 1 aromatic heterocycles. The molecule has 0 aromatic carbocycles. The Morgan fingerprint density at radius 1 is 1.67 bits per heavy atom. The minimum atomic E-state index is 0.263. The van der Waals surface area contributed by atoms with Gasteiger partial charge in [0.25, 0.3) is 0 Å². The highest BCUT2D eigenvalue weighted by Gasteiger charge is 2.21. The lowest BCUT2D eigenvalue weighted by molar-refractivity contribution is -0.149. The summed E-state index contributed by atoms with van der Waals surface area (Å²) in [6.07, 6.45) is 0.586. The molecule has 1 atom stereocenters. The summed E-state index contributed by atoms with van der Waals surface area (Å²) in [5.74, 6) is 0. The first-order valence-electron chi connectivity index (χ1n) is 5.31. The molecule has 0 saturated carbocycles. The average molecular weight is 227 g/mol. The van der Waals surface area contributed by atoms with E-state index in [9.17, 15) is 0 Å². The maximum Gasteiger partial charge on any atom is 0.104 e. The van der Waals surface area contributed by atoms with Crippen LogP contribution in [-0.2, 0) is 16.0 Å². The highest BCUT2D eigenvalue weighted by atomic mass is 32.1. The van der Waals surface area contributed by atoms with Crippen molar-refractivity contribution in [2.45, 2.75) is 25.7 Å². The smallest absolute Gasteiger partial charge is 0.104 e. The van der Waals surface area contributed by atoms with E-state index in [0.717, 1.165) is 26.3 Å². The monoisotopic (exact) mass is 227 g/mol. The third-order valence-corrected chi connectivity index (χ3v) is 3.22. The highest BCUT2D eigenvalue weighted by molar-refractivity contribution is 7.09. The largest absolute Gasteiger partial charge is 0.376 e. The predicted octanol–water partition coefficient (Wildman–Crippen LogP) is 1.64. The fraction of sp³-hybridized carbons (Fsp3) is 0.636. The van der Waals surface area contributed by atoms with Crippen molar-refractivity contribution in [2.75, 3.05) is 19.8 Å². The van der Waals surface area contributed by atoms with E-state index >= 15 is 0 Å². The Morgan fingerprint density at radius 3 is 3.13 bits per heavy atom. The SMILES string of the molecule is CC(CNCc1cccs1)OC1COC1. The molecular formula is C11H17NO2S. The molecular weight excluding hydrogens is 210 g/mol. The van der Waals surface area contributed by atoms with Gasteiger partial charge in [-0.1, -0.05) is 6.07 Å². The Balaban J connectivity index is 1.56. The van der Waals surface area contributed by atoms with Crippen molar-refractivity contribution in [2.24, 2.45) is 0 Å². The van der Waals surface area contributed by atoms with Gasteiger partial charge in [0.1, 0.15) is 6.10 Å². The van der Waals surface area contributed by atoms with Crippen molar-refractivity contribution in [3.63, 3.8) is 0 Å². The molecule has 15 heavy (non-hydrogen) atoms. The van der Waals surface area contributed by atoms with Gasteiger partial charge in [0.2, 0.25) is 0 Å². The third kappa shape index (κ3) is 3.57. The lowest BCUT2D eigenvalue weighted by Crippen LogP contribution is -2.40. The van der Waals surface area contributed by atoms with E-state index in [1.807, 2.05) is 0 Å². The van der Waals surface area contributed by atoms with Crippen LogP contribution in [0.3, 0.4) is 0 Å². The number of hydrogen-bond acceptors (Lipinski definition) is 4. The first-order chi connectivity index (χ1) is 7.34. The van der Waals surface area contributed by atoms with Gasteiger partial charge < -0.3 is 14.8 Å². The summed E-state index contributed by atoms with van der Waals surface area (Å²) >= 11 is 1.78. The Morgan fingerprint density at radius 2 is 2.53 bits per heavy atom. The lowest BCUT2D eigenvalue weighted by atomic mass is 10.3. The fourth-order valence-corrected chi connectivity index (χ4v) is 2.16. The topological polar surface area (TPSA) is 30.5 Å². The minimum absolute atomic E-state index is 0.263. The van der Waals surface area contributed by atoms with Crippen LogP contribution in [0.25, 0.3) is 0 Å². The van der Waals surface area contributed by atoms with Gasteiger partial charge in [0, 0.05) is 18.0 Å². The summed E-state index contributed by atoms with van der Waals surface area (Å²) in [4.78, 5) is 1.37. The molecule has 1 fully saturated rings. The Labute approximate surface area is 94.4 Å².